The molecule has 2 N–H and O–H groups in total. The van der Waals surface area contributed by atoms with E-state index in [0.29, 0.717) is 27.5 Å². The van der Waals surface area contributed by atoms with Crippen LogP contribution in [-0.4, -0.2) is 25.8 Å². The normalized spacial score (nSPS) is 11.0. The summed E-state index contributed by atoms with van der Waals surface area (Å²) in [6, 6.07) is 25.4. The van der Waals surface area contributed by atoms with Gasteiger partial charge in [0.15, 0.2) is 0 Å². The first-order valence-electron chi connectivity index (χ1n) is 10.5. The van der Waals surface area contributed by atoms with E-state index >= 15 is 0 Å². The minimum absolute atomic E-state index is 0.0721. The van der Waals surface area contributed by atoms with Crippen LogP contribution in [0.3, 0.4) is 0 Å². The molecule has 0 aliphatic rings. The topological polar surface area (TPSA) is 98.9 Å². The molecule has 0 spiro atoms. The van der Waals surface area contributed by atoms with Crippen molar-refractivity contribution >= 4 is 27.6 Å². The summed E-state index contributed by atoms with van der Waals surface area (Å²) in [5.74, 6) is 0.00336. The summed E-state index contributed by atoms with van der Waals surface area (Å²) in [6.07, 6.45) is 0. The predicted molar refractivity (Wildman–Crippen MR) is 127 cm³/mol. The molecular weight excluding hydrogens is 416 g/mol. The van der Waals surface area contributed by atoms with Gasteiger partial charge < -0.3 is 14.9 Å². The van der Waals surface area contributed by atoms with Gasteiger partial charge in [-0.05, 0) is 35.2 Å². The number of aromatic amines is 2. The van der Waals surface area contributed by atoms with E-state index in [4.69, 9.17) is 0 Å². The van der Waals surface area contributed by atoms with Crippen molar-refractivity contribution in [2.75, 3.05) is 0 Å². The van der Waals surface area contributed by atoms with Gasteiger partial charge in [0.05, 0.1) is 17.4 Å². The van der Waals surface area contributed by atoms with Gasteiger partial charge in [-0.15, -0.1) is 0 Å². The Balaban J connectivity index is 1.55. The van der Waals surface area contributed by atoms with Crippen LogP contribution in [0.2, 0.25) is 0 Å². The van der Waals surface area contributed by atoms with Crippen molar-refractivity contribution in [3.05, 3.63) is 123 Å². The fraction of sp³-hybridized carbons (Fsp3) is 0.0769. The summed E-state index contributed by atoms with van der Waals surface area (Å²) in [5.41, 5.74) is 1.06. The van der Waals surface area contributed by atoms with Crippen LogP contribution in [0, 0.1) is 0 Å². The lowest BCUT2D eigenvalue weighted by molar-refractivity contribution is 0.0719. The van der Waals surface area contributed by atoms with Gasteiger partial charge in [-0.2, -0.15) is 0 Å². The first-order valence-corrected chi connectivity index (χ1v) is 10.5. The zero-order valence-electron chi connectivity index (χ0n) is 17.6. The van der Waals surface area contributed by atoms with Crippen LogP contribution in [0.4, 0.5) is 0 Å². The molecule has 3 aromatic carbocycles. The number of pyridine rings is 1. The van der Waals surface area contributed by atoms with Crippen LogP contribution in [0.5, 0.6) is 0 Å². The maximum absolute atomic E-state index is 13.5. The summed E-state index contributed by atoms with van der Waals surface area (Å²) in [4.78, 5) is 50.2. The van der Waals surface area contributed by atoms with Gasteiger partial charge in [-0.25, -0.2) is 4.98 Å². The first kappa shape index (κ1) is 20.4. The molecule has 5 rings (SSSR count). The molecule has 0 unspecified atom stereocenters. The molecule has 0 aliphatic heterocycles. The Labute approximate surface area is 188 Å². The highest BCUT2D eigenvalue weighted by Crippen LogP contribution is 2.15. The average molecular weight is 436 g/mol. The molecule has 0 saturated heterocycles. The third-order valence-electron chi connectivity index (χ3n) is 5.49. The van der Waals surface area contributed by atoms with Crippen molar-refractivity contribution in [2.24, 2.45) is 0 Å². The lowest BCUT2D eigenvalue weighted by Crippen LogP contribution is -2.33. The van der Waals surface area contributed by atoms with E-state index in [-0.39, 0.29) is 35.8 Å². The average Bonchev–Trinajstić information content (AvgIpc) is 2.84. The Kier molecular flexibility index (Phi) is 5.28. The van der Waals surface area contributed by atoms with Crippen molar-refractivity contribution in [1.29, 1.82) is 0 Å². The van der Waals surface area contributed by atoms with Crippen LogP contribution in [-0.2, 0) is 13.1 Å². The number of nitrogens with one attached hydrogen (secondary N) is 2. The second kappa shape index (κ2) is 8.55. The SMILES string of the molecule is O=C(c1cc2ccccc2c(=O)[nH]1)N(Cc1ccccc1)Cc1nc2ccccc2c(=O)[nH]1. The smallest absolute Gasteiger partial charge is 0.271 e. The maximum Gasteiger partial charge on any atom is 0.271 e. The third kappa shape index (κ3) is 4.16. The summed E-state index contributed by atoms with van der Waals surface area (Å²) < 4.78 is 0. The number of hydrogen-bond acceptors (Lipinski definition) is 4. The van der Waals surface area contributed by atoms with Gasteiger partial charge in [0, 0.05) is 11.9 Å². The molecule has 162 valence electrons. The van der Waals surface area contributed by atoms with Gasteiger partial charge >= 0.3 is 0 Å². The van der Waals surface area contributed by atoms with E-state index < -0.39 is 0 Å². The van der Waals surface area contributed by atoms with Crippen molar-refractivity contribution in [3.8, 4) is 0 Å². The molecule has 2 heterocycles. The number of nitrogens with zero attached hydrogens (tertiary/aromatic N) is 2. The number of benzene rings is 3. The molecule has 2 aromatic heterocycles. The van der Waals surface area contributed by atoms with Crippen molar-refractivity contribution in [3.63, 3.8) is 0 Å². The van der Waals surface area contributed by atoms with E-state index in [9.17, 15) is 14.4 Å². The van der Waals surface area contributed by atoms with E-state index in [0.717, 1.165) is 5.56 Å². The van der Waals surface area contributed by atoms with E-state index in [2.05, 4.69) is 15.0 Å². The maximum atomic E-state index is 13.5. The molecule has 33 heavy (non-hydrogen) atoms. The number of hydrogen-bond donors (Lipinski definition) is 2. The Morgan fingerprint density at radius 2 is 1.42 bits per heavy atom. The molecule has 7 nitrogen and oxygen atoms in total. The van der Waals surface area contributed by atoms with Gasteiger partial charge in [-0.1, -0.05) is 60.7 Å². The highest BCUT2D eigenvalue weighted by Gasteiger charge is 2.20. The van der Waals surface area contributed by atoms with Gasteiger partial charge in [0.25, 0.3) is 17.0 Å². The highest BCUT2D eigenvalue weighted by molar-refractivity contribution is 5.96. The number of aromatic nitrogens is 3. The third-order valence-corrected chi connectivity index (χ3v) is 5.49. The van der Waals surface area contributed by atoms with Crippen molar-refractivity contribution in [1.82, 2.24) is 19.9 Å². The summed E-state index contributed by atoms with van der Waals surface area (Å²) in [6.45, 7) is 0.355. The lowest BCUT2D eigenvalue weighted by atomic mass is 10.1. The minimum atomic E-state index is -0.363. The molecule has 5 aromatic rings. The van der Waals surface area contributed by atoms with Crippen LogP contribution in [0.1, 0.15) is 21.9 Å². The fourth-order valence-electron chi connectivity index (χ4n) is 3.89. The summed E-state index contributed by atoms with van der Waals surface area (Å²) >= 11 is 0. The monoisotopic (exact) mass is 436 g/mol. The highest BCUT2D eigenvalue weighted by atomic mass is 16.2. The molecule has 0 radical (unpaired) electrons. The molecular formula is C26H20N4O3. The quantitative estimate of drug-likeness (QED) is 0.440. The van der Waals surface area contributed by atoms with E-state index in [1.807, 2.05) is 42.5 Å². The second-order valence-electron chi connectivity index (χ2n) is 7.78. The summed E-state index contributed by atoms with van der Waals surface area (Å²) in [5, 5.41) is 1.69. The fourth-order valence-corrected chi connectivity index (χ4v) is 3.89. The Morgan fingerprint density at radius 3 is 2.24 bits per heavy atom. The number of H-pyrrole nitrogens is 2. The molecule has 0 bridgehead atoms. The van der Waals surface area contributed by atoms with E-state index in [1.165, 1.54) is 0 Å². The standard InChI is InChI=1S/C26H20N4O3/c31-24-19-11-5-4-10-18(19)14-22(28-24)26(33)30(15-17-8-2-1-3-9-17)16-23-27-21-13-7-6-12-20(21)25(32)29-23/h1-14H,15-16H2,(H,28,31)(H,27,29,32). The van der Waals surface area contributed by atoms with E-state index in [1.54, 1.807) is 47.4 Å². The molecule has 0 saturated carbocycles. The molecule has 0 atom stereocenters. The van der Waals surface area contributed by atoms with Crippen molar-refractivity contribution in [2.45, 2.75) is 13.1 Å². The Morgan fingerprint density at radius 1 is 0.758 bits per heavy atom. The van der Waals surface area contributed by atoms with Crippen LogP contribution >= 0.6 is 0 Å². The lowest BCUT2D eigenvalue weighted by Gasteiger charge is -2.22. The predicted octanol–water partition coefficient (Wildman–Crippen LogP) is 3.61. The van der Waals surface area contributed by atoms with Crippen LogP contribution in [0.25, 0.3) is 21.7 Å². The number of fused-ring (bicyclic) bond motifs is 2. The molecule has 0 fully saturated rings. The van der Waals surface area contributed by atoms with Crippen LogP contribution in [0.15, 0.2) is 94.5 Å². The molecule has 7 heteroatoms. The summed E-state index contributed by atoms with van der Waals surface area (Å²) in [7, 11) is 0. The Hall–Kier alpha value is -4.52. The molecule has 0 aliphatic carbocycles. The van der Waals surface area contributed by atoms with Gasteiger partial charge in [-0.3, -0.25) is 14.4 Å². The van der Waals surface area contributed by atoms with Crippen LogP contribution < -0.4 is 11.1 Å². The minimum Gasteiger partial charge on any atom is -0.326 e. The number of para-hydroxylation sites is 1. The molecule has 1 amide bonds. The van der Waals surface area contributed by atoms with Gasteiger partial charge in [0.1, 0.15) is 11.5 Å². The Bertz CT molecular complexity index is 1590. The zero-order valence-corrected chi connectivity index (χ0v) is 17.6. The van der Waals surface area contributed by atoms with Crippen molar-refractivity contribution < 1.29 is 4.79 Å². The number of amides is 1. The second-order valence-corrected chi connectivity index (χ2v) is 7.78. The zero-order chi connectivity index (χ0) is 22.8. The number of carbonyl (C=O) groups excluding carboxylic acids is 1. The van der Waals surface area contributed by atoms with Gasteiger partial charge in [0.2, 0.25) is 0 Å². The first-order chi connectivity index (χ1) is 16.1. The largest absolute Gasteiger partial charge is 0.326 e. The number of carbonyl (C=O) groups is 1. The number of rotatable bonds is 5.